The zero-order valence-electron chi connectivity index (χ0n) is 17.8. The molecule has 0 radical (unpaired) electrons. The molecule has 0 unspecified atom stereocenters. The third kappa shape index (κ3) is 3.70. The first-order valence-electron chi connectivity index (χ1n) is 10.2. The first-order chi connectivity index (χ1) is 14.5. The Kier molecular flexibility index (Phi) is 5.35. The molecule has 0 bridgehead atoms. The second kappa shape index (κ2) is 8.10. The van der Waals surface area contributed by atoms with Gasteiger partial charge in [0.1, 0.15) is 0 Å². The van der Waals surface area contributed by atoms with Crippen molar-refractivity contribution in [2.45, 2.75) is 40.4 Å². The van der Waals surface area contributed by atoms with Gasteiger partial charge in [-0.3, -0.25) is 14.2 Å². The summed E-state index contributed by atoms with van der Waals surface area (Å²) < 4.78 is 3.75. The summed E-state index contributed by atoms with van der Waals surface area (Å²) in [7, 11) is 1.81. The van der Waals surface area contributed by atoms with Crippen molar-refractivity contribution in [3.63, 3.8) is 0 Å². The van der Waals surface area contributed by atoms with Crippen LogP contribution in [0.1, 0.15) is 35.6 Å². The van der Waals surface area contributed by atoms with Gasteiger partial charge in [0.05, 0.1) is 34.7 Å². The van der Waals surface area contributed by atoms with Gasteiger partial charge in [0, 0.05) is 43.5 Å². The number of carbonyl (C=O) groups excluding carboxylic acids is 1. The Morgan fingerprint density at radius 1 is 1.07 bits per heavy atom. The quantitative estimate of drug-likeness (QED) is 0.490. The van der Waals surface area contributed by atoms with Crippen LogP contribution < -0.4 is 0 Å². The fourth-order valence-corrected chi connectivity index (χ4v) is 3.61. The molecule has 0 spiro atoms. The van der Waals surface area contributed by atoms with E-state index in [1.54, 1.807) is 4.90 Å². The molecule has 7 heteroatoms. The summed E-state index contributed by atoms with van der Waals surface area (Å²) in [6, 6.07) is 11.6. The molecule has 4 aromatic rings. The molecule has 1 amide bonds. The highest BCUT2D eigenvalue weighted by atomic mass is 16.2. The molecular weight excluding hydrogens is 376 g/mol. The molecule has 0 fully saturated rings. The molecule has 0 aliphatic heterocycles. The summed E-state index contributed by atoms with van der Waals surface area (Å²) in [5.41, 5.74) is 4.91. The van der Waals surface area contributed by atoms with E-state index in [1.165, 1.54) is 0 Å². The molecule has 0 saturated heterocycles. The molecule has 30 heavy (non-hydrogen) atoms. The predicted molar refractivity (Wildman–Crippen MR) is 117 cm³/mol. The number of nitrogens with zero attached hydrogens (tertiary/aromatic N) is 6. The van der Waals surface area contributed by atoms with Crippen LogP contribution in [0.25, 0.3) is 22.2 Å². The highest BCUT2D eigenvalue weighted by molar-refractivity contribution is 6.07. The van der Waals surface area contributed by atoms with Crippen molar-refractivity contribution in [1.29, 1.82) is 0 Å². The molecule has 4 rings (SSSR count). The average Bonchev–Trinajstić information content (AvgIpc) is 3.38. The Labute approximate surface area is 176 Å². The summed E-state index contributed by atoms with van der Waals surface area (Å²) in [5.74, 6) is -0.0542. The molecule has 7 nitrogen and oxygen atoms in total. The maximum atomic E-state index is 13.4. The number of amides is 1. The smallest absolute Gasteiger partial charge is 0.254 e. The zero-order chi connectivity index (χ0) is 21.3. The third-order valence-electron chi connectivity index (χ3n) is 5.26. The van der Waals surface area contributed by atoms with E-state index in [-0.39, 0.29) is 5.91 Å². The largest absolute Gasteiger partial charge is 0.336 e. The first-order valence-corrected chi connectivity index (χ1v) is 10.2. The topological polar surface area (TPSA) is 68.8 Å². The lowest BCUT2D eigenvalue weighted by Crippen LogP contribution is -2.27. The van der Waals surface area contributed by atoms with Crippen molar-refractivity contribution < 1.29 is 4.79 Å². The Morgan fingerprint density at radius 3 is 2.53 bits per heavy atom. The van der Waals surface area contributed by atoms with Gasteiger partial charge in [-0.1, -0.05) is 18.2 Å². The second-order valence-electron chi connectivity index (χ2n) is 7.38. The van der Waals surface area contributed by atoms with Crippen LogP contribution in [0.4, 0.5) is 0 Å². The summed E-state index contributed by atoms with van der Waals surface area (Å²) in [6.07, 6.45) is 3.92. The fourth-order valence-electron chi connectivity index (χ4n) is 3.61. The van der Waals surface area contributed by atoms with Crippen molar-refractivity contribution in [3.05, 3.63) is 65.7 Å². The zero-order valence-corrected chi connectivity index (χ0v) is 17.8. The number of aryl methyl sites for hydroxylation is 3. The van der Waals surface area contributed by atoms with Crippen LogP contribution in [0.15, 0.2) is 48.8 Å². The number of hydrogen-bond donors (Lipinski definition) is 0. The van der Waals surface area contributed by atoms with Crippen LogP contribution in [0.5, 0.6) is 0 Å². The Hall–Kier alpha value is -3.48. The summed E-state index contributed by atoms with van der Waals surface area (Å²) in [5, 5.41) is 9.87. The number of pyridine rings is 1. The lowest BCUT2D eigenvalue weighted by atomic mass is 10.0. The van der Waals surface area contributed by atoms with Gasteiger partial charge in [0.2, 0.25) is 0 Å². The number of carbonyl (C=O) groups is 1. The Bertz CT molecular complexity index is 1210. The van der Waals surface area contributed by atoms with Crippen molar-refractivity contribution in [2.24, 2.45) is 0 Å². The van der Waals surface area contributed by atoms with E-state index in [1.807, 2.05) is 86.0 Å². The van der Waals surface area contributed by atoms with Gasteiger partial charge in [-0.25, -0.2) is 4.98 Å². The van der Waals surface area contributed by atoms with Crippen molar-refractivity contribution >= 4 is 16.8 Å². The van der Waals surface area contributed by atoms with Gasteiger partial charge in [-0.2, -0.15) is 10.2 Å². The molecule has 3 aromatic heterocycles. The van der Waals surface area contributed by atoms with Crippen LogP contribution in [0.2, 0.25) is 0 Å². The van der Waals surface area contributed by atoms with Gasteiger partial charge in [-0.15, -0.1) is 0 Å². The minimum absolute atomic E-state index is 0.0542. The average molecular weight is 403 g/mol. The molecule has 1 aromatic carbocycles. The number of aromatic nitrogens is 5. The number of rotatable bonds is 6. The van der Waals surface area contributed by atoms with Crippen molar-refractivity contribution in [3.8, 4) is 11.3 Å². The molecular formula is C23H26N6O. The predicted octanol–water partition coefficient (Wildman–Crippen LogP) is 3.92. The fraction of sp³-hybridized carbons (Fsp3) is 0.304. The van der Waals surface area contributed by atoms with E-state index in [2.05, 4.69) is 10.2 Å². The highest BCUT2D eigenvalue weighted by Gasteiger charge is 2.19. The molecule has 0 saturated carbocycles. The number of fused-ring (bicyclic) bond motifs is 1. The summed E-state index contributed by atoms with van der Waals surface area (Å²) in [4.78, 5) is 19.9. The van der Waals surface area contributed by atoms with Crippen LogP contribution in [0, 0.1) is 6.92 Å². The molecule has 0 aliphatic carbocycles. The summed E-state index contributed by atoms with van der Waals surface area (Å²) in [6.45, 7) is 8.10. The monoisotopic (exact) mass is 402 g/mol. The van der Waals surface area contributed by atoms with E-state index in [9.17, 15) is 4.79 Å². The van der Waals surface area contributed by atoms with Gasteiger partial charge in [0.15, 0.2) is 0 Å². The normalized spacial score (nSPS) is 11.2. The SMILES string of the molecule is CCn1ccc(CN(C)C(=O)c2cc(-c3cn(CC)nc3C)nc3ccccc23)n1. The molecule has 0 aliphatic rings. The van der Waals surface area contributed by atoms with Crippen LogP contribution in [-0.4, -0.2) is 42.4 Å². The summed E-state index contributed by atoms with van der Waals surface area (Å²) >= 11 is 0. The molecule has 3 heterocycles. The second-order valence-corrected chi connectivity index (χ2v) is 7.38. The minimum Gasteiger partial charge on any atom is -0.336 e. The van der Waals surface area contributed by atoms with E-state index in [4.69, 9.17) is 4.98 Å². The number of hydrogen-bond acceptors (Lipinski definition) is 4. The lowest BCUT2D eigenvalue weighted by Gasteiger charge is -2.18. The molecule has 154 valence electrons. The van der Waals surface area contributed by atoms with Crippen LogP contribution >= 0.6 is 0 Å². The maximum Gasteiger partial charge on any atom is 0.254 e. The van der Waals surface area contributed by atoms with Crippen LogP contribution in [-0.2, 0) is 19.6 Å². The highest BCUT2D eigenvalue weighted by Crippen LogP contribution is 2.27. The Balaban J connectivity index is 1.74. The molecule has 0 N–H and O–H groups in total. The van der Waals surface area contributed by atoms with E-state index >= 15 is 0 Å². The van der Waals surface area contributed by atoms with E-state index in [0.717, 1.165) is 46.6 Å². The maximum absolute atomic E-state index is 13.4. The third-order valence-corrected chi connectivity index (χ3v) is 5.26. The van der Waals surface area contributed by atoms with Gasteiger partial charge in [0.25, 0.3) is 5.91 Å². The van der Waals surface area contributed by atoms with E-state index < -0.39 is 0 Å². The lowest BCUT2D eigenvalue weighted by molar-refractivity contribution is 0.0785. The van der Waals surface area contributed by atoms with Gasteiger partial charge >= 0.3 is 0 Å². The van der Waals surface area contributed by atoms with Crippen LogP contribution in [0.3, 0.4) is 0 Å². The number of benzene rings is 1. The van der Waals surface area contributed by atoms with Crippen molar-refractivity contribution in [1.82, 2.24) is 29.4 Å². The van der Waals surface area contributed by atoms with Gasteiger partial charge in [-0.05, 0) is 39.0 Å². The van der Waals surface area contributed by atoms with Gasteiger partial charge < -0.3 is 4.90 Å². The minimum atomic E-state index is -0.0542. The van der Waals surface area contributed by atoms with E-state index in [0.29, 0.717) is 12.1 Å². The van der Waals surface area contributed by atoms with Crippen molar-refractivity contribution in [2.75, 3.05) is 7.05 Å². The number of para-hydroxylation sites is 1. The Morgan fingerprint density at radius 2 is 1.83 bits per heavy atom. The first kappa shape index (κ1) is 19.8. The standard InChI is InChI=1S/C23H26N6O/c1-5-28-12-11-17(26-28)14-27(4)23(30)19-13-22(20-15-29(6-2)25-16(20)3)24-21-10-8-7-9-18(19)21/h7-13,15H,5-6,14H2,1-4H3. The molecule has 0 atom stereocenters.